The number of benzene rings is 1. The fourth-order valence-corrected chi connectivity index (χ4v) is 1.26. The minimum Gasteiger partial charge on any atom is -0.282 e. The molecule has 1 aromatic heterocycles. The van der Waals surface area contributed by atoms with Crippen LogP contribution in [0.1, 0.15) is 39.0 Å². The van der Waals surface area contributed by atoms with Gasteiger partial charge in [-0.2, -0.15) is 5.10 Å². The molecule has 0 bridgehead atoms. The molecule has 1 N–H and O–H groups in total. The van der Waals surface area contributed by atoms with Gasteiger partial charge in [-0.3, -0.25) is 5.10 Å². The maximum Gasteiger partial charge on any atom is 0.0926 e. The summed E-state index contributed by atoms with van der Waals surface area (Å²) in [6.07, 6.45) is 0. The normalized spacial score (nSPS) is 8.67. The van der Waals surface area contributed by atoms with Gasteiger partial charge in [0.2, 0.25) is 0 Å². The van der Waals surface area contributed by atoms with Gasteiger partial charge in [-0.25, -0.2) is 0 Å². The van der Waals surface area contributed by atoms with Gasteiger partial charge in [-0.05, 0) is 25.5 Å². The van der Waals surface area contributed by atoms with Crippen molar-refractivity contribution in [3.8, 4) is 0 Å². The number of nitrogens with zero attached hydrogens (tertiary/aromatic N) is 1. The average Bonchev–Trinajstić information content (AvgIpc) is 2.65. The van der Waals surface area contributed by atoms with Gasteiger partial charge in [0.05, 0.1) is 5.52 Å². The zero-order chi connectivity index (χ0) is 11.8. The summed E-state index contributed by atoms with van der Waals surface area (Å²) in [6.45, 7) is 12.1. The van der Waals surface area contributed by atoms with Crippen LogP contribution in [-0.4, -0.2) is 10.2 Å². The van der Waals surface area contributed by atoms with E-state index in [2.05, 4.69) is 35.3 Å². The van der Waals surface area contributed by atoms with E-state index >= 15 is 0 Å². The van der Waals surface area contributed by atoms with Crippen molar-refractivity contribution in [1.29, 1.82) is 0 Å². The van der Waals surface area contributed by atoms with Crippen LogP contribution in [0.3, 0.4) is 0 Å². The van der Waals surface area contributed by atoms with Crippen molar-refractivity contribution in [2.24, 2.45) is 0 Å². The van der Waals surface area contributed by atoms with Crippen molar-refractivity contribution in [3.63, 3.8) is 0 Å². The number of hydrogen-bond donors (Lipinski definition) is 1. The first-order chi connectivity index (χ1) is 7.27. The molecule has 0 saturated carbocycles. The first kappa shape index (κ1) is 13.7. The van der Waals surface area contributed by atoms with E-state index in [4.69, 9.17) is 0 Å². The topological polar surface area (TPSA) is 28.7 Å². The van der Waals surface area contributed by atoms with E-state index in [0.717, 1.165) is 11.2 Å². The van der Waals surface area contributed by atoms with E-state index in [0.29, 0.717) is 0 Å². The van der Waals surface area contributed by atoms with Crippen LogP contribution in [-0.2, 0) is 0 Å². The third-order valence-electron chi connectivity index (χ3n) is 1.90. The Balaban J connectivity index is 0.000000442. The lowest BCUT2D eigenvalue weighted by Gasteiger charge is -1.90. The summed E-state index contributed by atoms with van der Waals surface area (Å²) in [6, 6.07) is 6.28. The summed E-state index contributed by atoms with van der Waals surface area (Å²) in [5.41, 5.74) is 3.45. The summed E-state index contributed by atoms with van der Waals surface area (Å²) < 4.78 is 0. The lowest BCUT2D eigenvalue weighted by Crippen LogP contribution is -1.71. The molecule has 2 heteroatoms. The third kappa shape index (κ3) is 3.39. The van der Waals surface area contributed by atoms with Crippen molar-refractivity contribution >= 4 is 10.9 Å². The number of fused-ring (bicyclic) bond motifs is 1. The second kappa shape index (κ2) is 7.04. The average molecular weight is 206 g/mol. The Kier molecular flexibility index (Phi) is 6.43. The fourth-order valence-electron chi connectivity index (χ4n) is 1.26. The molecule has 0 aliphatic carbocycles. The molecule has 0 spiro atoms. The lowest BCUT2D eigenvalue weighted by atomic mass is 10.1. The maximum atomic E-state index is 4.15. The molecule has 0 unspecified atom stereocenters. The molecule has 0 aliphatic heterocycles. The zero-order valence-electron chi connectivity index (χ0n) is 10.7. The number of rotatable bonds is 0. The number of aromatic amines is 1. The summed E-state index contributed by atoms with van der Waals surface area (Å²) >= 11 is 0. The van der Waals surface area contributed by atoms with Crippen LogP contribution < -0.4 is 0 Å². The molecule has 1 heterocycles. The molecule has 0 fully saturated rings. The van der Waals surface area contributed by atoms with E-state index in [1.54, 1.807) is 0 Å². The second-order valence-electron chi connectivity index (χ2n) is 2.87. The Morgan fingerprint density at radius 1 is 1.00 bits per heavy atom. The van der Waals surface area contributed by atoms with Crippen LogP contribution in [0.2, 0.25) is 0 Å². The number of aryl methyl sites for hydroxylation is 2. The van der Waals surface area contributed by atoms with Crippen LogP contribution in [0.25, 0.3) is 10.9 Å². The number of hydrogen-bond acceptors (Lipinski definition) is 1. The smallest absolute Gasteiger partial charge is 0.0926 e. The summed E-state index contributed by atoms with van der Waals surface area (Å²) in [5, 5.41) is 8.33. The Hall–Kier alpha value is -1.31. The molecule has 0 aliphatic rings. The Labute approximate surface area is 92.7 Å². The summed E-state index contributed by atoms with van der Waals surface area (Å²) in [5.74, 6) is 0. The predicted molar refractivity (Wildman–Crippen MR) is 68.3 cm³/mol. The van der Waals surface area contributed by atoms with Gasteiger partial charge in [0.25, 0.3) is 0 Å². The molecule has 0 amide bonds. The molecule has 2 rings (SSSR count). The van der Waals surface area contributed by atoms with Gasteiger partial charge in [-0.15, -0.1) is 0 Å². The molecule has 0 saturated heterocycles. The molecule has 1 aromatic carbocycles. The Bertz CT molecular complexity index is 388. The number of H-pyrrole nitrogens is 1. The predicted octanol–water partition coefficient (Wildman–Crippen LogP) is 4.23. The van der Waals surface area contributed by atoms with Gasteiger partial charge in [0, 0.05) is 11.1 Å². The summed E-state index contributed by atoms with van der Waals surface area (Å²) in [7, 11) is 0. The molecule has 0 atom stereocenters. The Morgan fingerprint density at radius 2 is 1.60 bits per heavy atom. The minimum absolute atomic E-state index is 1.06. The molecule has 2 nitrogen and oxygen atoms in total. The van der Waals surface area contributed by atoms with Crippen molar-refractivity contribution in [2.45, 2.75) is 41.5 Å². The molecular weight excluding hydrogens is 184 g/mol. The molecule has 84 valence electrons. The molecule has 15 heavy (non-hydrogen) atoms. The van der Waals surface area contributed by atoms with Gasteiger partial charge < -0.3 is 0 Å². The quantitative estimate of drug-likeness (QED) is 0.686. The van der Waals surface area contributed by atoms with Gasteiger partial charge >= 0.3 is 0 Å². The largest absolute Gasteiger partial charge is 0.282 e. The van der Waals surface area contributed by atoms with Crippen LogP contribution >= 0.6 is 0 Å². The van der Waals surface area contributed by atoms with Crippen molar-refractivity contribution in [3.05, 3.63) is 29.5 Å². The van der Waals surface area contributed by atoms with Crippen molar-refractivity contribution in [1.82, 2.24) is 10.2 Å². The fraction of sp³-hybridized carbons (Fsp3) is 0.462. The van der Waals surface area contributed by atoms with Crippen LogP contribution in [0.5, 0.6) is 0 Å². The van der Waals surface area contributed by atoms with Crippen molar-refractivity contribution < 1.29 is 0 Å². The van der Waals surface area contributed by atoms with Crippen LogP contribution in [0.4, 0.5) is 0 Å². The lowest BCUT2D eigenvalue weighted by molar-refractivity contribution is 1.07. The summed E-state index contributed by atoms with van der Waals surface area (Å²) in [4.78, 5) is 0. The zero-order valence-corrected chi connectivity index (χ0v) is 10.7. The van der Waals surface area contributed by atoms with E-state index in [-0.39, 0.29) is 0 Å². The first-order valence-electron chi connectivity index (χ1n) is 5.69. The van der Waals surface area contributed by atoms with Gasteiger partial charge in [-0.1, -0.05) is 39.8 Å². The number of nitrogens with one attached hydrogen (secondary N) is 1. The SMILES string of the molecule is CC.CC.Cc1ccc2c(C)[nH]nc2c1. The first-order valence-corrected chi connectivity index (χ1v) is 5.69. The van der Waals surface area contributed by atoms with Crippen molar-refractivity contribution in [2.75, 3.05) is 0 Å². The number of aromatic nitrogens is 2. The standard InChI is InChI=1S/C9H10N2.2C2H6/c1-6-3-4-8-7(2)10-11-9(8)5-6;2*1-2/h3-5H,1-2H3,(H,10,11);2*1-2H3. The highest BCUT2D eigenvalue weighted by Gasteiger charge is 1.98. The monoisotopic (exact) mass is 206 g/mol. The van der Waals surface area contributed by atoms with Gasteiger partial charge in [0.1, 0.15) is 0 Å². The molecule has 0 radical (unpaired) electrons. The molecular formula is C13H22N2. The second-order valence-corrected chi connectivity index (χ2v) is 2.87. The Morgan fingerprint density at radius 3 is 2.20 bits per heavy atom. The highest BCUT2D eigenvalue weighted by Crippen LogP contribution is 2.15. The third-order valence-corrected chi connectivity index (χ3v) is 1.90. The molecule has 2 aromatic rings. The van der Waals surface area contributed by atoms with Crippen LogP contribution in [0.15, 0.2) is 18.2 Å². The highest BCUT2D eigenvalue weighted by molar-refractivity contribution is 5.81. The van der Waals surface area contributed by atoms with Crippen LogP contribution in [0, 0.1) is 13.8 Å². The minimum atomic E-state index is 1.06. The highest BCUT2D eigenvalue weighted by atomic mass is 15.1. The van der Waals surface area contributed by atoms with E-state index in [1.807, 2.05) is 34.6 Å². The van der Waals surface area contributed by atoms with Gasteiger partial charge in [0.15, 0.2) is 0 Å². The van der Waals surface area contributed by atoms with E-state index < -0.39 is 0 Å². The van der Waals surface area contributed by atoms with E-state index in [9.17, 15) is 0 Å². The maximum absolute atomic E-state index is 4.15. The van der Waals surface area contributed by atoms with E-state index in [1.165, 1.54) is 10.9 Å².